The third-order valence-corrected chi connectivity index (χ3v) is 3.30. The number of hydrogen-bond acceptors (Lipinski definition) is 4. The summed E-state index contributed by atoms with van der Waals surface area (Å²) in [4.78, 5) is 16.5. The fraction of sp³-hybridized carbons (Fsp3) is 0.167. The summed E-state index contributed by atoms with van der Waals surface area (Å²) < 4.78 is 13.0. The average Bonchev–Trinajstić information content (AvgIpc) is 2.85. The maximum atomic E-state index is 13.0. The van der Waals surface area contributed by atoms with Crippen molar-refractivity contribution in [1.29, 1.82) is 0 Å². The second kappa shape index (κ2) is 5.59. The van der Waals surface area contributed by atoms with Crippen molar-refractivity contribution in [2.45, 2.75) is 6.42 Å². The molecule has 0 radical (unpaired) electrons. The minimum Gasteiger partial charge on any atom is -0.383 e. The lowest BCUT2D eigenvalue weighted by molar-refractivity contribution is 0.0954. The molecule has 0 aromatic carbocycles. The molecule has 0 aliphatic carbocycles. The molecule has 2 aromatic heterocycles. The van der Waals surface area contributed by atoms with Crippen LogP contribution in [-0.2, 0) is 6.42 Å². The van der Waals surface area contributed by atoms with E-state index in [9.17, 15) is 9.18 Å². The highest BCUT2D eigenvalue weighted by Gasteiger charge is 2.11. The molecule has 2 heterocycles. The second-order valence-electron chi connectivity index (χ2n) is 3.67. The van der Waals surface area contributed by atoms with Crippen LogP contribution in [0.1, 0.15) is 15.2 Å². The van der Waals surface area contributed by atoms with Crippen LogP contribution in [0.2, 0.25) is 0 Å². The van der Waals surface area contributed by atoms with Gasteiger partial charge in [0, 0.05) is 11.4 Å². The predicted molar refractivity (Wildman–Crippen MR) is 69.0 cm³/mol. The molecule has 94 valence electrons. The Morgan fingerprint density at radius 2 is 2.39 bits per heavy atom. The number of aromatic nitrogens is 1. The van der Waals surface area contributed by atoms with Gasteiger partial charge in [-0.15, -0.1) is 11.3 Å². The van der Waals surface area contributed by atoms with Gasteiger partial charge in [-0.05, 0) is 23.9 Å². The Hall–Kier alpha value is -1.95. The van der Waals surface area contributed by atoms with Gasteiger partial charge < -0.3 is 11.1 Å². The highest BCUT2D eigenvalue weighted by Crippen LogP contribution is 2.10. The van der Waals surface area contributed by atoms with Crippen molar-refractivity contribution in [3.05, 3.63) is 46.0 Å². The van der Waals surface area contributed by atoms with Gasteiger partial charge in [0.15, 0.2) is 0 Å². The molecule has 0 fully saturated rings. The van der Waals surface area contributed by atoms with Gasteiger partial charge in [0.2, 0.25) is 0 Å². The monoisotopic (exact) mass is 265 g/mol. The zero-order valence-corrected chi connectivity index (χ0v) is 10.3. The van der Waals surface area contributed by atoms with Crippen LogP contribution in [0.3, 0.4) is 0 Å². The Kier molecular flexibility index (Phi) is 3.88. The number of anilines is 1. The van der Waals surface area contributed by atoms with E-state index in [-0.39, 0.29) is 11.4 Å². The zero-order chi connectivity index (χ0) is 13.0. The number of halogens is 1. The molecule has 0 unspecified atom stereocenters. The number of nitrogens with two attached hydrogens (primary N) is 1. The Balaban J connectivity index is 1.93. The number of nitrogen functional groups attached to an aromatic ring is 1. The standard InChI is InChI=1S/C12H12FN3OS/c13-8-6-10(11(14)16-7-8)12(17)15-4-3-9-2-1-5-18-9/h1-2,5-7H,3-4H2,(H2,14,16)(H,15,17). The third-order valence-electron chi connectivity index (χ3n) is 2.37. The molecular formula is C12H12FN3OS. The highest BCUT2D eigenvalue weighted by atomic mass is 32.1. The van der Waals surface area contributed by atoms with Gasteiger partial charge in [0.05, 0.1) is 11.8 Å². The Bertz CT molecular complexity index is 542. The third kappa shape index (κ3) is 3.04. The maximum absolute atomic E-state index is 13.0. The lowest BCUT2D eigenvalue weighted by atomic mass is 10.2. The van der Waals surface area contributed by atoms with Crippen LogP contribution < -0.4 is 11.1 Å². The fourth-order valence-electron chi connectivity index (χ4n) is 1.48. The molecule has 0 atom stereocenters. The van der Waals surface area contributed by atoms with Crippen molar-refractivity contribution < 1.29 is 9.18 Å². The zero-order valence-electron chi connectivity index (χ0n) is 9.52. The summed E-state index contributed by atoms with van der Waals surface area (Å²) in [5.41, 5.74) is 5.59. The molecule has 0 bridgehead atoms. The lowest BCUT2D eigenvalue weighted by Crippen LogP contribution is -2.26. The number of hydrogen-bond donors (Lipinski definition) is 2. The molecule has 3 N–H and O–H groups in total. The minimum absolute atomic E-state index is 0.0324. The number of carbonyl (C=O) groups excluding carboxylic acids is 1. The number of thiophene rings is 1. The van der Waals surface area contributed by atoms with E-state index >= 15 is 0 Å². The van der Waals surface area contributed by atoms with Gasteiger partial charge in [-0.1, -0.05) is 6.07 Å². The van der Waals surface area contributed by atoms with E-state index in [2.05, 4.69) is 10.3 Å². The first kappa shape index (κ1) is 12.5. The Labute approximate surface area is 108 Å². The number of nitrogens with one attached hydrogen (secondary N) is 1. The van der Waals surface area contributed by atoms with Crippen molar-refractivity contribution in [3.63, 3.8) is 0 Å². The van der Waals surface area contributed by atoms with Crippen LogP contribution in [-0.4, -0.2) is 17.4 Å². The molecule has 4 nitrogen and oxygen atoms in total. The number of pyridine rings is 1. The summed E-state index contributed by atoms with van der Waals surface area (Å²) in [7, 11) is 0. The van der Waals surface area contributed by atoms with E-state index in [0.29, 0.717) is 6.54 Å². The molecule has 0 aliphatic rings. The molecule has 0 saturated carbocycles. The fourth-order valence-corrected chi connectivity index (χ4v) is 2.19. The van der Waals surface area contributed by atoms with Crippen LogP contribution in [0.15, 0.2) is 29.8 Å². The number of amides is 1. The molecule has 0 aliphatic heterocycles. The molecular weight excluding hydrogens is 253 g/mol. The molecule has 0 spiro atoms. The summed E-state index contributed by atoms with van der Waals surface area (Å²) in [5, 5.41) is 4.66. The number of rotatable bonds is 4. The van der Waals surface area contributed by atoms with Crippen LogP contribution in [0, 0.1) is 5.82 Å². The van der Waals surface area contributed by atoms with Gasteiger partial charge in [-0.3, -0.25) is 4.79 Å². The van der Waals surface area contributed by atoms with Crippen LogP contribution >= 0.6 is 11.3 Å². The van der Waals surface area contributed by atoms with Gasteiger partial charge >= 0.3 is 0 Å². The Morgan fingerprint density at radius 1 is 1.56 bits per heavy atom. The van der Waals surface area contributed by atoms with E-state index in [1.54, 1.807) is 11.3 Å². The topological polar surface area (TPSA) is 68.0 Å². The Morgan fingerprint density at radius 3 is 3.11 bits per heavy atom. The highest BCUT2D eigenvalue weighted by molar-refractivity contribution is 7.09. The first-order chi connectivity index (χ1) is 8.66. The maximum Gasteiger partial charge on any atom is 0.255 e. The molecule has 2 aromatic rings. The summed E-state index contributed by atoms with van der Waals surface area (Å²) in [5.74, 6) is -0.950. The lowest BCUT2D eigenvalue weighted by Gasteiger charge is -2.06. The summed E-state index contributed by atoms with van der Waals surface area (Å²) >= 11 is 1.63. The van der Waals surface area contributed by atoms with Crippen LogP contribution in [0.5, 0.6) is 0 Å². The summed E-state index contributed by atoms with van der Waals surface area (Å²) in [6.07, 6.45) is 1.73. The summed E-state index contributed by atoms with van der Waals surface area (Å²) in [6, 6.07) is 5.04. The largest absolute Gasteiger partial charge is 0.383 e. The van der Waals surface area contributed by atoms with Crippen molar-refractivity contribution >= 4 is 23.1 Å². The smallest absolute Gasteiger partial charge is 0.255 e. The normalized spacial score (nSPS) is 10.3. The SMILES string of the molecule is Nc1ncc(F)cc1C(=O)NCCc1cccs1. The minimum atomic E-state index is -0.576. The second-order valence-corrected chi connectivity index (χ2v) is 4.70. The van der Waals surface area contributed by atoms with E-state index in [1.165, 1.54) is 4.88 Å². The van der Waals surface area contributed by atoms with E-state index in [4.69, 9.17) is 5.73 Å². The first-order valence-electron chi connectivity index (χ1n) is 5.38. The van der Waals surface area contributed by atoms with E-state index in [0.717, 1.165) is 18.7 Å². The van der Waals surface area contributed by atoms with Crippen molar-refractivity contribution in [2.24, 2.45) is 0 Å². The number of carbonyl (C=O) groups is 1. The molecule has 18 heavy (non-hydrogen) atoms. The van der Waals surface area contributed by atoms with Crippen LogP contribution in [0.25, 0.3) is 0 Å². The van der Waals surface area contributed by atoms with Gasteiger partial charge in [-0.25, -0.2) is 9.37 Å². The van der Waals surface area contributed by atoms with Crippen molar-refractivity contribution in [2.75, 3.05) is 12.3 Å². The van der Waals surface area contributed by atoms with Gasteiger partial charge in [-0.2, -0.15) is 0 Å². The van der Waals surface area contributed by atoms with Gasteiger partial charge in [0.25, 0.3) is 5.91 Å². The molecule has 6 heteroatoms. The molecule has 2 rings (SSSR count). The van der Waals surface area contributed by atoms with Crippen molar-refractivity contribution in [3.8, 4) is 0 Å². The first-order valence-corrected chi connectivity index (χ1v) is 6.26. The number of nitrogens with zero attached hydrogens (tertiary/aromatic N) is 1. The van der Waals surface area contributed by atoms with E-state index < -0.39 is 11.7 Å². The molecule has 0 saturated heterocycles. The molecule has 1 amide bonds. The van der Waals surface area contributed by atoms with E-state index in [1.807, 2.05) is 17.5 Å². The summed E-state index contributed by atoms with van der Waals surface area (Å²) in [6.45, 7) is 0.481. The quantitative estimate of drug-likeness (QED) is 0.886. The predicted octanol–water partition coefficient (Wildman–Crippen LogP) is 1.84. The average molecular weight is 265 g/mol. The van der Waals surface area contributed by atoms with Gasteiger partial charge in [0.1, 0.15) is 11.6 Å². The van der Waals surface area contributed by atoms with Crippen molar-refractivity contribution in [1.82, 2.24) is 10.3 Å². The van der Waals surface area contributed by atoms with Crippen LogP contribution in [0.4, 0.5) is 10.2 Å².